The van der Waals surface area contributed by atoms with E-state index in [4.69, 9.17) is 0 Å². The molecule has 0 amide bonds. The molecule has 0 aliphatic carbocycles. The van der Waals surface area contributed by atoms with Gasteiger partial charge in [0.25, 0.3) is 0 Å². The Kier molecular flexibility index (Phi) is 9.16. The Hall–Kier alpha value is -0.380. The van der Waals surface area contributed by atoms with E-state index in [0.717, 1.165) is 6.54 Å². The molecule has 0 fully saturated rings. The fourth-order valence-corrected chi connectivity index (χ4v) is 3.04. The molecule has 0 saturated carbocycles. The van der Waals surface area contributed by atoms with Gasteiger partial charge in [-0.05, 0) is 51.2 Å². The van der Waals surface area contributed by atoms with E-state index in [-0.39, 0.29) is 0 Å². The van der Waals surface area contributed by atoms with Gasteiger partial charge < -0.3 is 5.32 Å². The molecule has 0 aliphatic heterocycles. The lowest BCUT2D eigenvalue weighted by Gasteiger charge is -2.25. The molecule has 116 valence electrons. The number of thiophene rings is 1. The summed E-state index contributed by atoms with van der Waals surface area (Å²) in [6, 6.07) is 5.66. The van der Waals surface area contributed by atoms with Crippen LogP contribution in [0.4, 0.5) is 0 Å². The summed E-state index contributed by atoms with van der Waals surface area (Å²) in [5, 5.41) is 5.66. The summed E-state index contributed by atoms with van der Waals surface area (Å²) in [5.41, 5.74) is 0. The zero-order valence-electron chi connectivity index (χ0n) is 13.7. The first-order valence-electron chi connectivity index (χ1n) is 8.09. The fourth-order valence-electron chi connectivity index (χ4n) is 2.31. The maximum absolute atomic E-state index is 3.48. The van der Waals surface area contributed by atoms with Crippen LogP contribution in [0.5, 0.6) is 0 Å². The highest BCUT2D eigenvalue weighted by molar-refractivity contribution is 7.09. The Bertz CT molecular complexity index is 320. The summed E-state index contributed by atoms with van der Waals surface area (Å²) in [4.78, 5) is 4.08. The van der Waals surface area contributed by atoms with Crippen molar-refractivity contribution in [2.75, 3.05) is 13.1 Å². The van der Waals surface area contributed by atoms with Crippen molar-refractivity contribution in [3.63, 3.8) is 0 Å². The van der Waals surface area contributed by atoms with Crippen molar-refractivity contribution in [3.8, 4) is 0 Å². The van der Waals surface area contributed by atoms with Gasteiger partial charge in [-0.3, -0.25) is 4.90 Å². The van der Waals surface area contributed by atoms with E-state index in [1.165, 1.54) is 43.6 Å². The first kappa shape index (κ1) is 17.7. The second kappa shape index (κ2) is 10.4. The van der Waals surface area contributed by atoms with Crippen molar-refractivity contribution in [1.82, 2.24) is 10.2 Å². The van der Waals surface area contributed by atoms with Crippen LogP contribution < -0.4 is 5.32 Å². The van der Waals surface area contributed by atoms with Crippen molar-refractivity contribution in [2.24, 2.45) is 0 Å². The zero-order chi connectivity index (χ0) is 14.8. The molecule has 0 bridgehead atoms. The van der Waals surface area contributed by atoms with E-state index in [0.29, 0.717) is 12.1 Å². The Morgan fingerprint density at radius 1 is 1.10 bits per heavy atom. The quantitative estimate of drug-likeness (QED) is 0.604. The highest BCUT2D eigenvalue weighted by Crippen LogP contribution is 2.15. The maximum atomic E-state index is 3.48. The van der Waals surface area contributed by atoms with Crippen LogP contribution in [-0.2, 0) is 6.54 Å². The molecule has 0 spiro atoms. The Balaban J connectivity index is 2.10. The molecular formula is C17H32N2S. The van der Waals surface area contributed by atoms with Crippen molar-refractivity contribution in [1.29, 1.82) is 0 Å². The lowest BCUT2D eigenvalue weighted by atomic mass is 10.1. The normalized spacial score (nSPS) is 11.9. The van der Waals surface area contributed by atoms with E-state index in [2.05, 4.69) is 55.4 Å². The van der Waals surface area contributed by atoms with E-state index >= 15 is 0 Å². The van der Waals surface area contributed by atoms with Crippen LogP contribution >= 0.6 is 11.3 Å². The smallest absolute Gasteiger partial charge is 0.0330 e. The average Bonchev–Trinajstić information content (AvgIpc) is 2.88. The van der Waals surface area contributed by atoms with Crippen LogP contribution in [0.1, 0.15) is 58.3 Å². The van der Waals surface area contributed by atoms with Crippen LogP contribution in [-0.4, -0.2) is 30.1 Å². The number of nitrogens with zero attached hydrogens (tertiary/aromatic N) is 1. The van der Waals surface area contributed by atoms with Gasteiger partial charge in [-0.2, -0.15) is 0 Å². The van der Waals surface area contributed by atoms with Crippen LogP contribution in [0.25, 0.3) is 0 Å². The van der Waals surface area contributed by atoms with Gasteiger partial charge in [-0.25, -0.2) is 0 Å². The largest absolute Gasteiger partial charge is 0.315 e. The molecular weight excluding hydrogens is 264 g/mol. The third-order valence-corrected chi connectivity index (χ3v) is 4.46. The maximum Gasteiger partial charge on any atom is 0.0330 e. The third-order valence-electron chi connectivity index (χ3n) is 3.59. The second-order valence-corrected chi connectivity index (χ2v) is 7.20. The highest BCUT2D eigenvalue weighted by atomic mass is 32.1. The number of unbranched alkanes of at least 4 members (excludes halogenated alkanes) is 3. The Morgan fingerprint density at radius 3 is 2.45 bits per heavy atom. The lowest BCUT2D eigenvalue weighted by Crippen LogP contribution is -2.31. The standard InChI is InChI=1S/C17H32N2S/c1-15(2)18-11-7-5-6-8-12-19(16(3)4)14-17-10-9-13-20-17/h9-10,13,15-16,18H,5-8,11-12,14H2,1-4H3. The van der Waals surface area contributed by atoms with Crippen molar-refractivity contribution < 1.29 is 0 Å². The minimum atomic E-state index is 0.622. The van der Waals surface area contributed by atoms with Gasteiger partial charge in [0.15, 0.2) is 0 Å². The zero-order valence-corrected chi connectivity index (χ0v) is 14.5. The lowest BCUT2D eigenvalue weighted by molar-refractivity contribution is 0.210. The van der Waals surface area contributed by atoms with Crippen LogP contribution in [0.3, 0.4) is 0 Å². The number of hydrogen-bond acceptors (Lipinski definition) is 3. The molecule has 0 radical (unpaired) electrons. The molecule has 1 rings (SSSR count). The Labute approximate surface area is 129 Å². The number of nitrogens with one attached hydrogen (secondary N) is 1. The SMILES string of the molecule is CC(C)NCCCCCCN(Cc1cccs1)C(C)C. The summed E-state index contributed by atoms with van der Waals surface area (Å²) in [6.07, 6.45) is 5.34. The van der Waals surface area contributed by atoms with Gasteiger partial charge in [-0.15, -0.1) is 11.3 Å². The van der Waals surface area contributed by atoms with Gasteiger partial charge in [0.2, 0.25) is 0 Å². The third kappa shape index (κ3) is 8.03. The predicted molar refractivity (Wildman–Crippen MR) is 91.5 cm³/mol. The summed E-state index contributed by atoms with van der Waals surface area (Å²) in [7, 11) is 0. The topological polar surface area (TPSA) is 15.3 Å². The number of hydrogen-bond donors (Lipinski definition) is 1. The second-order valence-electron chi connectivity index (χ2n) is 6.17. The first-order valence-corrected chi connectivity index (χ1v) is 8.97. The summed E-state index contributed by atoms with van der Waals surface area (Å²) in [6.45, 7) is 12.6. The van der Waals surface area contributed by atoms with Gasteiger partial charge in [0.05, 0.1) is 0 Å². The van der Waals surface area contributed by atoms with E-state index in [9.17, 15) is 0 Å². The van der Waals surface area contributed by atoms with Gasteiger partial charge in [0, 0.05) is 23.5 Å². The summed E-state index contributed by atoms with van der Waals surface area (Å²) < 4.78 is 0. The minimum absolute atomic E-state index is 0.622. The molecule has 1 aromatic rings. The van der Waals surface area contributed by atoms with E-state index < -0.39 is 0 Å². The van der Waals surface area contributed by atoms with Crippen LogP contribution in [0.15, 0.2) is 17.5 Å². The monoisotopic (exact) mass is 296 g/mol. The molecule has 1 heterocycles. The van der Waals surface area contributed by atoms with E-state index in [1.54, 1.807) is 0 Å². The molecule has 3 heteroatoms. The molecule has 1 N–H and O–H groups in total. The molecule has 1 aromatic heterocycles. The minimum Gasteiger partial charge on any atom is -0.315 e. The number of rotatable bonds is 11. The fraction of sp³-hybridized carbons (Fsp3) is 0.765. The van der Waals surface area contributed by atoms with Crippen molar-refractivity contribution >= 4 is 11.3 Å². The highest BCUT2D eigenvalue weighted by Gasteiger charge is 2.10. The molecule has 20 heavy (non-hydrogen) atoms. The summed E-state index contributed by atoms with van der Waals surface area (Å²) >= 11 is 1.87. The first-order chi connectivity index (χ1) is 9.59. The van der Waals surface area contributed by atoms with Gasteiger partial charge >= 0.3 is 0 Å². The molecule has 0 unspecified atom stereocenters. The van der Waals surface area contributed by atoms with Crippen molar-refractivity contribution in [2.45, 2.75) is 72.0 Å². The molecule has 0 aliphatic rings. The van der Waals surface area contributed by atoms with Gasteiger partial charge in [0.1, 0.15) is 0 Å². The molecule has 0 atom stereocenters. The molecule has 0 aromatic carbocycles. The summed E-state index contributed by atoms with van der Waals surface area (Å²) in [5.74, 6) is 0. The molecule has 2 nitrogen and oxygen atoms in total. The van der Waals surface area contributed by atoms with Gasteiger partial charge in [-0.1, -0.05) is 32.8 Å². The Morgan fingerprint density at radius 2 is 1.85 bits per heavy atom. The van der Waals surface area contributed by atoms with Crippen molar-refractivity contribution in [3.05, 3.63) is 22.4 Å². The van der Waals surface area contributed by atoms with Crippen LogP contribution in [0, 0.1) is 0 Å². The average molecular weight is 297 g/mol. The molecule has 0 saturated heterocycles. The predicted octanol–water partition coefficient (Wildman–Crippen LogP) is 4.52. The van der Waals surface area contributed by atoms with E-state index in [1.807, 2.05) is 11.3 Å². The van der Waals surface area contributed by atoms with Crippen LogP contribution in [0.2, 0.25) is 0 Å².